The Morgan fingerprint density at radius 1 is 0.842 bits per heavy atom. The molecule has 12 heteroatoms. The minimum Gasteiger partial charge on any atom is -0.325 e. The zero-order valence-corrected chi connectivity index (χ0v) is 21.7. The van der Waals surface area contributed by atoms with E-state index in [2.05, 4.69) is 15.0 Å². The number of hydrogen-bond acceptors (Lipinski definition) is 6. The van der Waals surface area contributed by atoms with E-state index in [1.54, 1.807) is 24.3 Å². The van der Waals surface area contributed by atoms with Gasteiger partial charge in [-0.2, -0.15) is 0 Å². The van der Waals surface area contributed by atoms with Crippen LogP contribution >= 0.6 is 0 Å². The van der Waals surface area contributed by atoms with E-state index in [9.17, 15) is 26.0 Å². The number of hydrogen-bond donors (Lipinski definition) is 2. The van der Waals surface area contributed by atoms with Gasteiger partial charge in [-0.3, -0.25) is 13.8 Å². The minimum absolute atomic E-state index is 0.0322. The number of amides is 1. The summed E-state index contributed by atoms with van der Waals surface area (Å²) in [5, 5.41) is 2.57. The Morgan fingerprint density at radius 2 is 1.47 bits per heavy atom. The lowest BCUT2D eigenvalue weighted by atomic mass is 10.2. The van der Waals surface area contributed by atoms with Gasteiger partial charge in [0, 0.05) is 11.9 Å². The molecule has 9 nitrogen and oxygen atoms in total. The SMILES string of the molecule is Cc1ccc(S(=O)(=O)N(CC(=O)Nc2ccc(S(=O)(=O)Nc3ccccn3)cc2)c2ccc(F)cc2)cc1. The second kappa shape index (κ2) is 11.0. The lowest BCUT2D eigenvalue weighted by Gasteiger charge is -2.24. The maximum atomic E-state index is 13.5. The third-order valence-electron chi connectivity index (χ3n) is 5.36. The van der Waals surface area contributed by atoms with Crippen molar-refractivity contribution in [1.29, 1.82) is 0 Å². The number of carbonyl (C=O) groups excluding carboxylic acids is 1. The van der Waals surface area contributed by atoms with Crippen LogP contribution in [0.4, 0.5) is 21.6 Å². The lowest BCUT2D eigenvalue weighted by Crippen LogP contribution is -2.38. The Bertz CT molecular complexity index is 1630. The van der Waals surface area contributed by atoms with Gasteiger partial charge in [-0.05, 0) is 79.7 Å². The van der Waals surface area contributed by atoms with Gasteiger partial charge in [0.25, 0.3) is 20.0 Å². The fraction of sp³-hybridized carbons (Fsp3) is 0.0769. The van der Waals surface area contributed by atoms with Gasteiger partial charge in [-0.25, -0.2) is 26.2 Å². The van der Waals surface area contributed by atoms with E-state index in [1.165, 1.54) is 60.8 Å². The molecule has 1 heterocycles. The predicted octanol–water partition coefficient (Wildman–Crippen LogP) is 4.16. The van der Waals surface area contributed by atoms with Crippen molar-refractivity contribution in [3.63, 3.8) is 0 Å². The Balaban J connectivity index is 1.53. The summed E-state index contributed by atoms with van der Waals surface area (Å²) >= 11 is 0. The highest BCUT2D eigenvalue weighted by Gasteiger charge is 2.27. The number of anilines is 3. The molecular weight excluding hydrogens is 531 g/mol. The number of nitrogens with zero attached hydrogens (tertiary/aromatic N) is 2. The highest BCUT2D eigenvalue weighted by molar-refractivity contribution is 7.93. The maximum Gasteiger partial charge on any atom is 0.264 e. The molecule has 0 aliphatic heterocycles. The molecule has 0 atom stereocenters. The van der Waals surface area contributed by atoms with Gasteiger partial charge in [0.15, 0.2) is 0 Å². The number of rotatable bonds is 9. The molecule has 0 fully saturated rings. The monoisotopic (exact) mass is 554 g/mol. The van der Waals surface area contributed by atoms with Gasteiger partial charge in [0.05, 0.1) is 15.5 Å². The lowest BCUT2D eigenvalue weighted by molar-refractivity contribution is -0.114. The fourth-order valence-corrected chi connectivity index (χ4v) is 5.86. The van der Waals surface area contributed by atoms with Gasteiger partial charge >= 0.3 is 0 Å². The molecule has 0 aliphatic rings. The molecule has 0 aliphatic carbocycles. The van der Waals surface area contributed by atoms with Gasteiger partial charge in [-0.1, -0.05) is 23.8 Å². The van der Waals surface area contributed by atoms with Crippen molar-refractivity contribution in [3.8, 4) is 0 Å². The second-order valence-electron chi connectivity index (χ2n) is 8.19. The first kappa shape index (κ1) is 26.8. The smallest absolute Gasteiger partial charge is 0.264 e. The molecule has 0 saturated heterocycles. The molecule has 0 spiro atoms. The number of halogens is 1. The molecule has 38 heavy (non-hydrogen) atoms. The maximum absolute atomic E-state index is 13.5. The number of nitrogens with one attached hydrogen (secondary N) is 2. The fourth-order valence-electron chi connectivity index (χ4n) is 3.43. The minimum atomic E-state index is -4.17. The van der Waals surface area contributed by atoms with Crippen molar-refractivity contribution in [3.05, 3.63) is 109 Å². The average Bonchev–Trinajstić information content (AvgIpc) is 2.89. The van der Waals surface area contributed by atoms with Crippen molar-refractivity contribution in [2.45, 2.75) is 16.7 Å². The molecule has 0 bridgehead atoms. The topological polar surface area (TPSA) is 126 Å². The number of benzene rings is 3. The molecule has 0 radical (unpaired) electrons. The standard InChI is InChI=1S/C26H23FN4O5S2/c1-19-5-13-24(14-6-19)38(35,36)31(22-11-7-20(27)8-12-22)18-26(32)29-21-9-15-23(16-10-21)37(33,34)30-25-4-2-3-17-28-25/h2-17H,18H2,1H3,(H,28,30)(H,29,32). The largest absolute Gasteiger partial charge is 0.325 e. The molecule has 1 amide bonds. The molecule has 4 aromatic rings. The predicted molar refractivity (Wildman–Crippen MR) is 142 cm³/mol. The van der Waals surface area contributed by atoms with Crippen molar-refractivity contribution in [2.24, 2.45) is 0 Å². The molecule has 0 unspecified atom stereocenters. The van der Waals surface area contributed by atoms with Crippen LogP contribution in [0.5, 0.6) is 0 Å². The van der Waals surface area contributed by atoms with Crippen molar-refractivity contribution in [2.75, 3.05) is 20.9 Å². The van der Waals surface area contributed by atoms with E-state index in [4.69, 9.17) is 0 Å². The Labute approximate surface area is 220 Å². The molecule has 0 saturated carbocycles. The molecule has 2 N–H and O–H groups in total. The third-order valence-corrected chi connectivity index (χ3v) is 8.52. The van der Waals surface area contributed by atoms with Crippen LogP contribution < -0.4 is 14.3 Å². The van der Waals surface area contributed by atoms with Gasteiger partial charge in [0.1, 0.15) is 18.2 Å². The van der Waals surface area contributed by atoms with Crippen LogP contribution in [0.25, 0.3) is 0 Å². The Kier molecular flexibility index (Phi) is 7.74. The number of pyridine rings is 1. The Morgan fingerprint density at radius 3 is 2.08 bits per heavy atom. The summed E-state index contributed by atoms with van der Waals surface area (Å²) in [6.07, 6.45) is 1.45. The number of carbonyl (C=O) groups is 1. The third kappa shape index (κ3) is 6.33. The quantitative estimate of drug-likeness (QED) is 0.320. The van der Waals surface area contributed by atoms with Crippen LogP contribution in [0.2, 0.25) is 0 Å². The first-order chi connectivity index (χ1) is 18.0. The van der Waals surface area contributed by atoms with Crippen LogP contribution in [0.3, 0.4) is 0 Å². The average molecular weight is 555 g/mol. The molecule has 1 aromatic heterocycles. The number of sulfonamides is 2. The van der Waals surface area contributed by atoms with E-state index in [-0.39, 0.29) is 27.0 Å². The molecule has 4 rings (SSSR count). The summed E-state index contributed by atoms with van der Waals surface area (Å²) in [7, 11) is -8.08. The van der Waals surface area contributed by atoms with E-state index in [1.807, 2.05) is 6.92 Å². The highest BCUT2D eigenvalue weighted by Crippen LogP contribution is 2.25. The summed E-state index contributed by atoms with van der Waals surface area (Å²) in [6.45, 7) is 1.20. The van der Waals surface area contributed by atoms with Crippen LogP contribution in [0.1, 0.15) is 5.56 Å². The van der Waals surface area contributed by atoms with E-state index in [0.29, 0.717) is 0 Å². The summed E-state index contributed by atoms with van der Waals surface area (Å²) < 4.78 is 68.7. The molecular formula is C26H23FN4O5S2. The summed E-state index contributed by atoms with van der Waals surface area (Å²) in [5.41, 5.74) is 1.21. The normalized spacial score (nSPS) is 11.5. The van der Waals surface area contributed by atoms with E-state index >= 15 is 0 Å². The summed E-state index contributed by atoms with van der Waals surface area (Å²) in [4.78, 5) is 16.7. The zero-order chi connectivity index (χ0) is 27.3. The van der Waals surface area contributed by atoms with Crippen LogP contribution in [-0.4, -0.2) is 34.3 Å². The molecule has 196 valence electrons. The first-order valence-corrected chi connectivity index (χ1v) is 14.2. The zero-order valence-electron chi connectivity index (χ0n) is 20.1. The van der Waals surface area contributed by atoms with Gasteiger partial charge < -0.3 is 5.32 Å². The van der Waals surface area contributed by atoms with Gasteiger partial charge in [-0.15, -0.1) is 0 Å². The Hall–Kier alpha value is -4.29. The second-order valence-corrected chi connectivity index (χ2v) is 11.7. The summed E-state index contributed by atoms with van der Waals surface area (Å²) in [5.74, 6) is -1.09. The van der Waals surface area contributed by atoms with Crippen molar-refractivity contribution in [1.82, 2.24) is 4.98 Å². The van der Waals surface area contributed by atoms with Crippen molar-refractivity contribution < 1.29 is 26.0 Å². The van der Waals surface area contributed by atoms with E-state index in [0.717, 1.165) is 22.0 Å². The molecule has 3 aromatic carbocycles. The summed E-state index contributed by atoms with van der Waals surface area (Å²) in [6, 6.07) is 21.0. The van der Waals surface area contributed by atoms with Gasteiger partial charge in [0.2, 0.25) is 5.91 Å². The van der Waals surface area contributed by atoms with Crippen LogP contribution in [-0.2, 0) is 24.8 Å². The van der Waals surface area contributed by atoms with E-state index < -0.39 is 38.3 Å². The number of aromatic nitrogens is 1. The van der Waals surface area contributed by atoms with Crippen LogP contribution in [0.15, 0.2) is 107 Å². The van der Waals surface area contributed by atoms with Crippen molar-refractivity contribution >= 4 is 43.1 Å². The van der Waals surface area contributed by atoms with Crippen LogP contribution in [0, 0.1) is 12.7 Å². The highest BCUT2D eigenvalue weighted by atomic mass is 32.2. The number of aryl methyl sites for hydroxylation is 1. The first-order valence-electron chi connectivity index (χ1n) is 11.2.